The molecule has 0 aromatic rings. The molecule has 0 aromatic carbocycles. The van der Waals surface area contributed by atoms with Crippen molar-refractivity contribution in [3.8, 4) is 0 Å². The number of likely N-dealkylation sites (tertiary alicyclic amines) is 1. The van der Waals surface area contributed by atoms with Gasteiger partial charge in [0.2, 0.25) is 0 Å². The lowest BCUT2D eigenvalue weighted by Crippen LogP contribution is -2.48. The number of carboxylic acid groups (broad SMARTS) is 1. The van der Waals surface area contributed by atoms with Crippen LogP contribution in [0.3, 0.4) is 0 Å². The smallest absolute Gasteiger partial charge is 0.323 e. The predicted octanol–water partition coefficient (Wildman–Crippen LogP) is -0.671. The highest BCUT2D eigenvalue weighted by atomic mass is 16.4. The van der Waals surface area contributed by atoms with Gasteiger partial charge in [-0.25, -0.2) is 4.79 Å². The third-order valence-corrected chi connectivity index (χ3v) is 3.20. The summed E-state index contributed by atoms with van der Waals surface area (Å²) < 4.78 is 0. The van der Waals surface area contributed by atoms with Crippen molar-refractivity contribution in [3.63, 3.8) is 0 Å². The first-order chi connectivity index (χ1) is 8.36. The number of urea groups is 1. The van der Waals surface area contributed by atoms with Gasteiger partial charge in [0, 0.05) is 6.04 Å². The van der Waals surface area contributed by atoms with Crippen molar-refractivity contribution >= 4 is 12.0 Å². The maximum Gasteiger partial charge on any atom is 0.323 e. The van der Waals surface area contributed by atoms with Crippen molar-refractivity contribution in [2.75, 3.05) is 19.6 Å². The molecule has 18 heavy (non-hydrogen) atoms. The lowest BCUT2D eigenvalue weighted by molar-refractivity contribution is -0.138. The monoisotopic (exact) mass is 260 g/mol. The molecule has 2 amide bonds. The van der Waals surface area contributed by atoms with E-state index in [1.807, 2.05) is 6.92 Å². The van der Waals surface area contributed by atoms with Crippen molar-refractivity contribution in [1.29, 1.82) is 0 Å². The summed E-state index contributed by atoms with van der Waals surface area (Å²) in [6, 6.07) is -0.661. The summed E-state index contributed by atoms with van der Waals surface area (Å²) in [7, 11) is 0. The Morgan fingerprint density at radius 2 is 1.83 bits per heavy atom. The number of rotatable bonds is 4. The molecule has 0 spiro atoms. The van der Waals surface area contributed by atoms with Crippen molar-refractivity contribution < 1.29 is 24.9 Å². The zero-order valence-corrected chi connectivity index (χ0v) is 10.6. The van der Waals surface area contributed by atoms with Crippen LogP contribution in [0.2, 0.25) is 0 Å². The molecule has 1 aliphatic heterocycles. The van der Waals surface area contributed by atoms with E-state index >= 15 is 0 Å². The van der Waals surface area contributed by atoms with Gasteiger partial charge in [0.1, 0.15) is 6.54 Å². The van der Waals surface area contributed by atoms with Gasteiger partial charge in [-0.15, -0.1) is 0 Å². The SMILES string of the molecule is CCC(C)N(CC(=O)O)C(=O)N1CC(O)C(O)C1. The van der Waals surface area contributed by atoms with Gasteiger partial charge in [-0.2, -0.15) is 0 Å². The Hall–Kier alpha value is -1.34. The number of aliphatic carboxylic acids is 1. The quantitative estimate of drug-likeness (QED) is 0.622. The number of carbonyl (C=O) groups excluding carboxylic acids is 1. The second kappa shape index (κ2) is 6.01. The lowest BCUT2D eigenvalue weighted by Gasteiger charge is -2.31. The number of hydrogen-bond acceptors (Lipinski definition) is 4. The van der Waals surface area contributed by atoms with E-state index in [2.05, 4.69) is 0 Å². The molecule has 0 radical (unpaired) electrons. The van der Waals surface area contributed by atoms with E-state index in [9.17, 15) is 19.8 Å². The summed E-state index contributed by atoms with van der Waals surface area (Å²) in [5.74, 6) is -1.08. The molecule has 3 N–H and O–H groups in total. The van der Waals surface area contributed by atoms with E-state index in [0.717, 1.165) is 0 Å². The van der Waals surface area contributed by atoms with Gasteiger partial charge in [0.05, 0.1) is 25.3 Å². The van der Waals surface area contributed by atoms with Gasteiger partial charge in [-0.05, 0) is 13.3 Å². The van der Waals surface area contributed by atoms with Crippen LogP contribution in [-0.2, 0) is 4.79 Å². The number of aliphatic hydroxyl groups is 2. The highest BCUT2D eigenvalue weighted by Crippen LogP contribution is 2.15. The summed E-state index contributed by atoms with van der Waals surface area (Å²) in [5.41, 5.74) is 0. The van der Waals surface area contributed by atoms with E-state index in [-0.39, 0.29) is 25.7 Å². The molecule has 1 fully saturated rings. The van der Waals surface area contributed by atoms with E-state index < -0.39 is 24.2 Å². The molecule has 7 nitrogen and oxygen atoms in total. The highest BCUT2D eigenvalue weighted by molar-refractivity contribution is 5.80. The largest absolute Gasteiger partial charge is 0.480 e. The molecular formula is C11H20N2O5. The van der Waals surface area contributed by atoms with Gasteiger partial charge < -0.3 is 25.1 Å². The number of nitrogens with zero attached hydrogens (tertiary/aromatic N) is 2. The second-order valence-electron chi connectivity index (χ2n) is 4.60. The summed E-state index contributed by atoms with van der Waals surface area (Å²) in [4.78, 5) is 25.4. The van der Waals surface area contributed by atoms with E-state index in [4.69, 9.17) is 5.11 Å². The standard InChI is InChI=1S/C11H20N2O5/c1-3-7(2)13(6-10(16)17)11(18)12-4-8(14)9(15)5-12/h7-9,14-15H,3-6H2,1-2H3,(H,16,17). The van der Waals surface area contributed by atoms with Gasteiger partial charge >= 0.3 is 12.0 Å². The molecule has 3 unspecified atom stereocenters. The van der Waals surface area contributed by atoms with Crippen LogP contribution in [0.4, 0.5) is 4.79 Å². The van der Waals surface area contributed by atoms with Crippen LogP contribution < -0.4 is 0 Å². The maximum atomic E-state index is 12.1. The van der Waals surface area contributed by atoms with Crippen LogP contribution in [-0.4, -0.2) is 75.0 Å². The number of aliphatic hydroxyl groups excluding tert-OH is 2. The minimum absolute atomic E-state index is 0.0343. The maximum absolute atomic E-state index is 12.1. The number of amides is 2. The van der Waals surface area contributed by atoms with Crippen LogP contribution in [0.5, 0.6) is 0 Å². The minimum Gasteiger partial charge on any atom is -0.480 e. The molecular weight excluding hydrogens is 240 g/mol. The Balaban J connectivity index is 2.73. The second-order valence-corrected chi connectivity index (χ2v) is 4.60. The first kappa shape index (κ1) is 14.7. The minimum atomic E-state index is -1.08. The Bertz CT molecular complexity index is 313. The number of β-amino-alcohol motifs (C(OH)–C–C–N with tert-alkyl or cyclic N) is 2. The van der Waals surface area contributed by atoms with Gasteiger partial charge in [0.15, 0.2) is 0 Å². The molecule has 1 heterocycles. The number of carbonyl (C=O) groups is 2. The van der Waals surface area contributed by atoms with Gasteiger partial charge in [0.25, 0.3) is 0 Å². The fourth-order valence-corrected chi connectivity index (χ4v) is 1.89. The molecule has 104 valence electrons. The van der Waals surface area contributed by atoms with Crippen LogP contribution in [0.15, 0.2) is 0 Å². The van der Waals surface area contributed by atoms with E-state index in [0.29, 0.717) is 6.42 Å². The number of hydrogen-bond donors (Lipinski definition) is 3. The van der Waals surface area contributed by atoms with E-state index in [1.165, 1.54) is 9.80 Å². The Labute approximate surface area is 106 Å². The van der Waals surface area contributed by atoms with Crippen LogP contribution in [0, 0.1) is 0 Å². The normalized spacial score (nSPS) is 25.0. The fraction of sp³-hybridized carbons (Fsp3) is 0.818. The Kier molecular flexibility index (Phi) is 4.92. The zero-order chi connectivity index (χ0) is 13.9. The molecule has 0 aliphatic carbocycles. The highest BCUT2D eigenvalue weighted by Gasteiger charge is 2.36. The van der Waals surface area contributed by atoms with Crippen molar-refractivity contribution in [2.24, 2.45) is 0 Å². The molecule has 7 heteroatoms. The summed E-state index contributed by atoms with van der Waals surface area (Å²) in [6.45, 7) is 3.32. The van der Waals surface area contributed by atoms with Crippen LogP contribution >= 0.6 is 0 Å². The van der Waals surface area contributed by atoms with Crippen LogP contribution in [0.1, 0.15) is 20.3 Å². The molecule has 0 saturated carbocycles. The Morgan fingerprint density at radius 1 is 1.33 bits per heavy atom. The van der Waals surface area contributed by atoms with E-state index in [1.54, 1.807) is 6.92 Å². The molecule has 1 aliphatic rings. The van der Waals surface area contributed by atoms with Crippen molar-refractivity contribution in [3.05, 3.63) is 0 Å². The number of carboxylic acids is 1. The molecule has 0 aromatic heterocycles. The van der Waals surface area contributed by atoms with Crippen LogP contribution in [0.25, 0.3) is 0 Å². The average Bonchev–Trinajstić information content (AvgIpc) is 2.64. The average molecular weight is 260 g/mol. The predicted molar refractivity (Wildman–Crippen MR) is 63.1 cm³/mol. The first-order valence-electron chi connectivity index (χ1n) is 6.00. The summed E-state index contributed by atoms with van der Waals surface area (Å²) in [5, 5.41) is 27.6. The molecule has 0 bridgehead atoms. The third kappa shape index (κ3) is 3.33. The van der Waals surface area contributed by atoms with Gasteiger partial charge in [-0.1, -0.05) is 6.92 Å². The topological polar surface area (TPSA) is 101 Å². The summed E-state index contributed by atoms with van der Waals surface area (Å²) in [6.07, 6.45) is -1.28. The molecule has 3 atom stereocenters. The molecule has 1 saturated heterocycles. The van der Waals surface area contributed by atoms with Gasteiger partial charge in [-0.3, -0.25) is 4.79 Å². The third-order valence-electron chi connectivity index (χ3n) is 3.20. The molecule has 1 rings (SSSR count). The fourth-order valence-electron chi connectivity index (χ4n) is 1.89. The summed E-state index contributed by atoms with van der Waals surface area (Å²) >= 11 is 0. The Morgan fingerprint density at radius 3 is 2.22 bits per heavy atom. The zero-order valence-electron chi connectivity index (χ0n) is 10.6. The first-order valence-corrected chi connectivity index (χ1v) is 6.00. The van der Waals surface area contributed by atoms with Crippen molar-refractivity contribution in [1.82, 2.24) is 9.80 Å². The van der Waals surface area contributed by atoms with Crippen molar-refractivity contribution in [2.45, 2.75) is 38.5 Å². The lowest BCUT2D eigenvalue weighted by atomic mass is 10.2.